The highest BCUT2D eigenvalue weighted by molar-refractivity contribution is 5.82. The molecule has 0 aliphatic carbocycles. The minimum atomic E-state index is -2.81. The molecule has 7 heteroatoms. The summed E-state index contributed by atoms with van der Waals surface area (Å²) in [5, 5.41) is 5.22. The molecule has 0 spiro atoms. The maximum Gasteiger partial charge on any atom is 0.262 e. The first-order chi connectivity index (χ1) is 11.4. The number of halogens is 2. The fourth-order valence-electron chi connectivity index (χ4n) is 3.07. The molecule has 1 aromatic rings. The highest BCUT2D eigenvalue weighted by Crippen LogP contribution is 2.25. The van der Waals surface area contributed by atoms with Crippen LogP contribution in [-0.2, 0) is 22.7 Å². The zero-order chi connectivity index (χ0) is 17.2. The van der Waals surface area contributed by atoms with E-state index in [0.29, 0.717) is 19.5 Å². The Bertz CT molecular complexity index is 619. The van der Waals surface area contributed by atoms with Crippen molar-refractivity contribution >= 4 is 11.8 Å². The molecular formula is C17H21F2N3O2. The first kappa shape index (κ1) is 16.8. The van der Waals surface area contributed by atoms with Crippen LogP contribution in [0.4, 0.5) is 8.78 Å². The number of likely N-dealkylation sites (tertiary alicyclic amines) is 1. The molecule has 1 aromatic carbocycles. The highest BCUT2D eigenvalue weighted by Gasteiger charge is 2.42. The van der Waals surface area contributed by atoms with Gasteiger partial charge in [-0.05, 0) is 17.5 Å². The van der Waals surface area contributed by atoms with Gasteiger partial charge in [-0.1, -0.05) is 24.3 Å². The van der Waals surface area contributed by atoms with Gasteiger partial charge in [-0.25, -0.2) is 8.78 Å². The van der Waals surface area contributed by atoms with E-state index in [1.807, 2.05) is 29.2 Å². The molecule has 130 valence electrons. The highest BCUT2D eigenvalue weighted by atomic mass is 19.3. The monoisotopic (exact) mass is 337 g/mol. The number of nitrogens with one attached hydrogen (secondary N) is 2. The zero-order valence-corrected chi connectivity index (χ0v) is 13.4. The standard InChI is InChI=1S/C17H21F2N3O2/c18-17(19)8-14(21-11-17)16(24)20-9-12-3-5-13(6-4-12)10-22-7-1-2-15(22)23/h3-6,14,21H,1-2,7-11H2,(H,20,24). The number of carbonyl (C=O) groups excluding carboxylic acids is 2. The van der Waals surface area contributed by atoms with Gasteiger partial charge in [0.05, 0.1) is 12.6 Å². The van der Waals surface area contributed by atoms with Crippen LogP contribution in [0.15, 0.2) is 24.3 Å². The van der Waals surface area contributed by atoms with Gasteiger partial charge in [-0.2, -0.15) is 0 Å². The van der Waals surface area contributed by atoms with E-state index in [2.05, 4.69) is 10.6 Å². The van der Waals surface area contributed by atoms with Crippen molar-refractivity contribution in [2.45, 2.75) is 44.3 Å². The van der Waals surface area contributed by atoms with Gasteiger partial charge < -0.3 is 10.2 Å². The van der Waals surface area contributed by atoms with Crippen molar-refractivity contribution < 1.29 is 18.4 Å². The smallest absolute Gasteiger partial charge is 0.262 e. The number of hydrogen-bond acceptors (Lipinski definition) is 3. The van der Waals surface area contributed by atoms with Crippen molar-refractivity contribution in [2.24, 2.45) is 0 Å². The van der Waals surface area contributed by atoms with Gasteiger partial charge in [0.25, 0.3) is 5.92 Å². The molecule has 0 saturated carbocycles. The van der Waals surface area contributed by atoms with Crippen LogP contribution in [0.1, 0.15) is 30.4 Å². The van der Waals surface area contributed by atoms with Gasteiger partial charge in [0, 0.05) is 32.5 Å². The van der Waals surface area contributed by atoms with E-state index < -0.39 is 30.8 Å². The van der Waals surface area contributed by atoms with Crippen LogP contribution < -0.4 is 10.6 Å². The average molecular weight is 337 g/mol. The van der Waals surface area contributed by atoms with Crippen LogP contribution in [-0.4, -0.2) is 41.8 Å². The molecule has 3 rings (SSSR count). The minimum Gasteiger partial charge on any atom is -0.351 e. The fourth-order valence-corrected chi connectivity index (χ4v) is 3.07. The summed E-state index contributed by atoms with van der Waals surface area (Å²) in [5.41, 5.74) is 1.93. The normalized spacial score (nSPS) is 22.8. The second-order valence-corrected chi connectivity index (χ2v) is 6.45. The van der Waals surface area contributed by atoms with Crippen molar-refractivity contribution in [1.29, 1.82) is 0 Å². The zero-order valence-electron chi connectivity index (χ0n) is 13.4. The Morgan fingerprint density at radius 2 is 2.00 bits per heavy atom. The second kappa shape index (κ2) is 6.84. The molecule has 2 saturated heterocycles. The van der Waals surface area contributed by atoms with Crippen molar-refractivity contribution in [3.8, 4) is 0 Å². The lowest BCUT2D eigenvalue weighted by Crippen LogP contribution is -2.40. The molecule has 2 fully saturated rings. The van der Waals surface area contributed by atoms with E-state index in [1.54, 1.807) is 0 Å². The molecule has 1 unspecified atom stereocenters. The Labute approximate surface area is 139 Å². The van der Waals surface area contributed by atoms with Gasteiger partial charge in [-0.3, -0.25) is 14.9 Å². The largest absolute Gasteiger partial charge is 0.351 e. The van der Waals surface area contributed by atoms with Crippen molar-refractivity contribution in [3.05, 3.63) is 35.4 Å². The van der Waals surface area contributed by atoms with Crippen molar-refractivity contribution in [3.63, 3.8) is 0 Å². The third-order valence-electron chi connectivity index (χ3n) is 4.46. The van der Waals surface area contributed by atoms with Crippen LogP contribution in [0.25, 0.3) is 0 Å². The third-order valence-corrected chi connectivity index (χ3v) is 4.46. The number of rotatable bonds is 5. The van der Waals surface area contributed by atoms with Crippen LogP contribution in [0.5, 0.6) is 0 Å². The van der Waals surface area contributed by atoms with Crippen LogP contribution in [0.2, 0.25) is 0 Å². The summed E-state index contributed by atoms with van der Waals surface area (Å²) in [6.07, 6.45) is 1.08. The number of carbonyl (C=O) groups is 2. The second-order valence-electron chi connectivity index (χ2n) is 6.45. The van der Waals surface area contributed by atoms with Gasteiger partial charge in [0.1, 0.15) is 0 Å². The summed E-state index contributed by atoms with van der Waals surface area (Å²) in [4.78, 5) is 25.3. The van der Waals surface area contributed by atoms with E-state index in [-0.39, 0.29) is 5.91 Å². The lowest BCUT2D eigenvalue weighted by Gasteiger charge is -2.16. The summed E-state index contributed by atoms with van der Waals surface area (Å²) in [6.45, 7) is 1.25. The van der Waals surface area contributed by atoms with E-state index in [4.69, 9.17) is 0 Å². The van der Waals surface area contributed by atoms with Gasteiger partial charge in [-0.15, -0.1) is 0 Å². The molecule has 2 aliphatic heterocycles. The molecule has 2 aliphatic rings. The summed E-state index contributed by atoms with van der Waals surface area (Å²) in [7, 11) is 0. The molecular weight excluding hydrogens is 316 g/mol. The maximum absolute atomic E-state index is 13.1. The first-order valence-corrected chi connectivity index (χ1v) is 8.17. The quantitative estimate of drug-likeness (QED) is 0.854. The number of benzene rings is 1. The predicted molar refractivity (Wildman–Crippen MR) is 84.3 cm³/mol. The summed E-state index contributed by atoms with van der Waals surface area (Å²) >= 11 is 0. The Morgan fingerprint density at radius 1 is 1.29 bits per heavy atom. The Kier molecular flexibility index (Phi) is 4.80. The van der Waals surface area contributed by atoms with Gasteiger partial charge >= 0.3 is 0 Å². The Hall–Kier alpha value is -2.02. The van der Waals surface area contributed by atoms with Crippen LogP contribution in [0.3, 0.4) is 0 Å². The van der Waals surface area contributed by atoms with Crippen LogP contribution >= 0.6 is 0 Å². The summed E-state index contributed by atoms with van der Waals surface area (Å²) < 4.78 is 26.2. The van der Waals surface area contributed by atoms with E-state index in [0.717, 1.165) is 24.1 Å². The molecule has 2 N–H and O–H groups in total. The summed E-state index contributed by atoms with van der Waals surface area (Å²) in [6, 6.07) is 6.78. The van der Waals surface area contributed by atoms with Gasteiger partial charge in [0.2, 0.25) is 11.8 Å². The predicted octanol–water partition coefficient (Wildman–Crippen LogP) is 1.42. The molecule has 0 aromatic heterocycles. The molecule has 24 heavy (non-hydrogen) atoms. The Morgan fingerprint density at radius 3 is 2.58 bits per heavy atom. The van der Waals surface area contributed by atoms with Crippen LogP contribution in [0, 0.1) is 0 Å². The van der Waals surface area contributed by atoms with E-state index in [9.17, 15) is 18.4 Å². The van der Waals surface area contributed by atoms with Crippen molar-refractivity contribution in [1.82, 2.24) is 15.5 Å². The molecule has 0 radical (unpaired) electrons. The Balaban J connectivity index is 1.48. The summed E-state index contributed by atoms with van der Waals surface area (Å²) in [5.74, 6) is -3.03. The lowest BCUT2D eigenvalue weighted by molar-refractivity contribution is -0.128. The third kappa shape index (κ3) is 4.08. The lowest BCUT2D eigenvalue weighted by atomic mass is 10.1. The number of hydrogen-bond donors (Lipinski definition) is 2. The molecule has 2 heterocycles. The topological polar surface area (TPSA) is 61.4 Å². The number of alkyl halides is 2. The number of amides is 2. The molecule has 5 nitrogen and oxygen atoms in total. The SMILES string of the molecule is O=C(NCc1ccc(CN2CCCC2=O)cc1)C1CC(F)(F)CN1. The maximum atomic E-state index is 13.1. The first-order valence-electron chi connectivity index (χ1n) is 8.17. The average Bonchev–Trinajstić information content (AvgIpc) is 3.12. The minimum absolute atomic E-state index is 0.187. The molecule has 0 bridgehead atoms. The fraction of sp³-hybridized carbons (Fsp3) is 0.529. The van der Waals surface area contributed by atoms with E-state index >= 15 is 0 Å². The van der Waals surface area contributed by atoms with E-state index in [1.165, 1.54) is 0 Å². The molecule has 2 amide bonds. The van der Waals surface area contributed by atoms with Gasteiger partial charge in [0.15, 0.2) is 0 Å². The van der Waals surface area contributed by atoms with Crippen molar-refractivity contribution in [2.75, 3.05) is 13.1 Å². The molecule has 1 atom stereocenters. The number of nitrogens with zero attached hydrogens (tertiary/aromatic N) is 1.